The summed E-state index contributed by atoms with van der Waals surface area (Å²) < 4.78 is 6.60. The van der Waals surface area contributed by atoms with Crippen LogP contribution in [0.2, 0.25) is 5.02 Å². The molecule has 1 N–H and O–H groups in total. The van der Waals surface area contributed by atoms with Crippen molar-refractivity contribution in [1.82, 2.24) is 20.0 Å². The number of hydrogen-bond donors (Lipinski definition) is 1. The number of benzene rings is 2. The van der Waals surface area contributed by atoms with Gasteiger partial charge in [-0.2, -0.15) is 0 Å². The van der Waals surface area contributed by atoms with Crippen molar-refractivity contribution in [2.24, 2.45) is 0 Å². The molecule has 0 saturated carbocycles. The standard InChI is InChI=1S/C23H21ClN4O3/c24-18-11-5-4-10-17(18)21-20-22(31-27-21)26-15-28(23(20)30)14-12-19(29)25-13-6-9-16-7-2-1-3-8-16/h1-5,7-8,10-11,15H,6,9,12-14H2,(H,25,29). The Labute approximate surface area is 183 Å². The monoisotopic (exact) mass is 436 g/mol. The zero-order valence-corrected chi connectivity index (χ0v) is 17.5. The number of nitrogens with one attached hydrogen (secondary N) is 1. The molecule has 0 unspecified atom stereocenters. The molecule has 0 aliphatic carbocycles. The predicted octanol–water partition coefficient (Wildman–Crippen LogP) is 3.84. The summed E-state index contributed by atoms with van der Waals surface area (Å²) in [5, 5.41) is 7.59. The van der Waals surface area contributed by atoms with Crippen LogP contribution in [0.1, 0.15) is 18.4 Å². The third-order valence-electron chi connectivity index (χ3n) is 4.98. The molecule has 2 heterocycles. The Balaban J connectivity index is 1.39. The van der Waals surface area contributed by atoms with Gasteiger partial charge in [-0.1, -0.05) is 65.3 Å². The molecule has 158 valence electrons. The quantitative estimate of drug-likeness (QED) is 0.424. The average Bonchev–Trinajstić information content (AvgIpc) is 3.22. The Bertz CT molecular complexity index is 1250. The summed E-state index contributed by atoms with van der Waals surface area (Å²) in [7, 11) is 0. The molecule has 2 aromatic heterocycles. The van der Waals surface area contributed by atoms with Gasteiger partial charge in [0.2, 0.25) is 5.91 Å². The number of rotatable bonds is 8. The van der Waals surface area contributed by atoms with Crippen molar-refractivity contribution in [2.45, 2.75) is 25.8 Å². The van der Waals surface area contributed by atoms with Gasteiger partial charge in [-0.05, 0) is 24.5 Å². The second-order valence-corrected chi connectivity index (χ2v) is 7.53. The van der Waals surface area contributed by atoms with Crippen LogP contribution in [-0.2, 0) is 17.8 Å². The largest absolute Gasteiger partial charge is 0.356 e. The lowest BCUT2D eigenvalue weighted by atomic mass is 10.1. The molecule has 0 spiro atoms. The maximum absolute atomic E-state index is 13.0. The predicted molar refractivity (Wildman–Crippen MR) is 119 cm³/mol. The van der Waals surface area contributed by atoms with Crippen LogP contribution in [0.3, 0.4) is 0 Å². The van der Waals surface area contributed by atoms with Crippen molar-refractivity contribution >= 4 is 28.6 Å². The molecular weight excluding hydrogens is 416 g/mol. The van der Waals surface area contributed by atoms with Gasteiger partial charge in [0.1, 0.15) is 17.4 Å². The lowest BCUT2D eigenvalue weighted by Crippen LogP contribution is -2.28. The molecule has 0 aliphatic rings. The molecular formula is C23H21ClN4O3. The normalized spacial score (nSPS) is 11.0. The molecule has 4 aromatic rings. The number of halogens is 1. The van der Waals surface area contributed by atoms with Gasteiger partial charge in [0.25, 0.3) is 11.3 Å². The first-order valence-electron chi connectivity index (χ1n) is 10.0. The van der Waals surface area contributed by atoms with Gasteiger partial charge >= 0.3 is 0 Å². The van der Waals surface area contributed by atoms with E-state index in [9.17, 15) is 9.59 Å². The molecule has 2 aromatic carbocycles. The van der Waals surface area contributed by atoms with Crippen LogP contribution in [0.4, 0.5) is 0 Å². The van der Waals surface area contributed by atoms with E-state index in [0.29, 0.717) is 22.8 Å². The van der Waals surface area contributed by atoms with E-state index in [-0.39, 0.29) is 35.5 Å². The Morgan fingerprint density at radius 2 is 1.87 bits per heavy atom. The average molecular weight is 437 g/mol. The number of carbonyl (C=O) groups excluding carboxylic acids is 1. The van der Waals surface area contributed by atoms with E-state index in [4.69, 9.17) is 16.1 Å². The molecule has 8 heteroatoms. The molecule has 7 nitrogen and oxygen atoms in total. The second kappa shape index (κ2) is 9.57. The minimum absolute atomic E-state index is 0.114. The molecule has 0 saturated heterocycles. The minimum Gasteiger partial charge on any atom is -0.356 e. The van der Waals surface area contributed by atoms with Crippen LogP contribution in [0.5, 0.6) is 0 Å². The summed E-state index contributed by atoms with van der Waals surface area (Å²) >= 11 is 6.25. The van der Waals surface area contributed by atoms with E-state index < -0.39 is 0 Å². The first-order valence-corrected chi connectivity index (χ1v) is 10.4. The molecule has 0 fully saturated rings. The fourth-order valence-corrected chi connectivity index (χ4v) is 3.58. The Hall–Kier alpha value is -3.45. The topological polar surface area (TPSA) is 90.0 Å². The summed E-state index contributed by atoms with van der Waals surface area (Å²) in [6.07, 6.45) is 3.30. The summed E-state index contributed by atoms with van der Waals surface area (Å²) in [5.74, 6) is -0.114. The maximum Gasteiger partial charge on any atom is 0.266 e. The van der Waals surface area contributed by atoms with Gasteiger partial charge < -0.3 is 9.84 Å². The van der Waals surface area contributed by atoms with E-state index in [1.54, 1.807) is 24.3 Å². The lowest BCUT2D eigenvalue weighted by molar-refractivity contribution is -0.121. The van der Waals surface area contributed by atoms with Crippen molar-refractivity contribution in [3.05, 3.63) is 81.9 Å². The zero-order chi connectivity index (χ0) is 21.6. The zero-order valence-electron chi connectivity index (χ0n) is 16.8. The third kappa shape index (κ3) is 4.83. The van der Waals surface area contributed by atoms with E-state index in [1.165, 1.54) is 16.5 Å². The molecule has 0 aliphatic heterocycles. The summed E-state index contributed by atoms with van der Waals surface area (Å²) in [5.41, 5.74) is 2.00. The molecule has 0 bridgehead atoms. The van der Waals surface area contributed by atoms with Crippen molar-refractivity contribution in [1.29, 1.82) is 0 Å². The third-order valence-corrected chi connectivity index (χ3v) is 5.31. The van der Waals surface area contributed by atoms with Crippen LogP contribution < -0.4 is 10.9 Å². The Kier molecular flexibility index (Phi) is 6.43. The van der Waals surface area contributed by atoms with Crippen LogP contribution in [-0.4, -0.2) is 27.2 Å². The van der Waals surface area contributed by atoms with Gasteiger partial charge in [-0.25, -0.2) is 4.98 Å². The highest BCUT2D eigenvalue weighted by atomic mass is 35.5. The SMILES string of the molecule is O=C(CCn1cnc2onc(-c3ccccc3Cl)c2c1=O)NCCCc1ccccc1. The van der Waals surface area contributed by atoms with Crippen molar-refractivity contribution in [3.63, 3.8) is 0 Å². The van der Waals surface area contributed by atoms with Gasteiger partial charge in [-0.3, -0.25) is 14.2 Å². The van der Waals surface area contributed by atoms with Crippen molar-refractivity contribution in [2.75, 3.05) is 6.54 Å². The van der Waals surface area contributed by atoms with Gasteiger partial charge in [0.15, 0.2) is 0 Å². The van der Waals surface area contributed by atoms with Gasteiger partial charge in [0.05, 0.1) is 5.02 Å². The number of aryl methyl sites for hydroxylation is 2. The number of hydrogen-bond acceptors (Lipinski definition) is 5. The number of fused-ring (bicyclic) bond motifs is 1. The first-order chi connectivity index (χ1) is 15.1. The number of aromatic nitrogens is 3. The highest BCUT2D eigenvalue weighted by Crippen LogP contribution is 2.30. The highest BCUT2D eigenvalue weighted by molar-refractivity contribution is 6.33. The van der Waals surface area contributed by atoms with E-state index in [0.717, 1.165) is 12.8 Å². The van der Waals surface area contributed by atoms with Crippen molar-refractivity contribution < 1.29 is 9.32 Å². The van der Waals surface area contributed by atoms with Crippen LogP contribution >= 0.6 is 11.6 Å². The number of nitrogens with zero attached hydrogens (tertiary/aromatic N) is 3. The van der Waals surface area contributed by atoms with Gasteiger partial charge in [-0.15, -0.1) is 0 Å². The van der Waals surface area contributed by atoms with E-state index in [2.05, 4.69) is 27.6 Å². The summed E-state index contributed by atoms with van der Waals surface area (Å²) in [6, 6.07) is 17.2. The van der Waals surface area contributed by atoms with Crippen LogP contribution in [0.25, 0.3) is 22.4 Å². The second-order valence-electron chi connectivity index (χ2n) is 7.12. The smallest absolute Gasteiger partial charge is 0.266 e. The van der Waals surface area contributed by atoms with E-state index >= 15 is 0 Å². The molecule has 4 rings (SSSR count). The molecule has 1 amide bonds. The fourth-order valence-electron chi connectivity index (χ4n) is 3.35. The first kappa shape index (κ1) is 20.8. The molecule has 0 atom stereocenters. The van der Waals surface area contributed by atoms with Crippen molar-refractivity contribution in [3.8, 4) is 11.3 Å². The maximum atomic E-state index is 13.0. The number of amides is 1. The Morgan fingerprint density at radius 1 is 1.10 bits per heavy atom. The van der Waals surface area contributed by atoms with Crippen LogP contribution in [0.15, 0.2) is 70.2 Å². The van der Waals surface area contributed by atoms with E-state index in [1.807, 2.05) is 18.2 Å². The van der Waals surface area contributed by atoms with Gasteiger partial charge in [0, 0.05) is 25.1 Å². The summed E-state index contributed by atoms with van der Waals surface area (Å²) in [6.45, 7) is 0.793. The molecule has 0 radical (unpaired) electrons. The highest BCUT2D eigenvalue weighted by Gasteiger charge is 2.18. The summed E-state index contributed by atoms with van der Waals surface area (Å²) in [4.78, 5) is 29.3. The molecule has 31 heavy (non-hydrogen) atoms. The minimum atomic E-state index is -0.321. The lowest BCUT2D eigenvalue weighted by Gasteiger charge is -2.07. The number of carbonyl (C=O) groups is 1. The fraction of sp³-hybridized carbons (Fsp3) is 0.217. The van der Waals surface area contributed by atoms with Crippen LogP contribution in [0, 0.1) is 0 Å². The Morgan fingerprint density at radius 3 is 2.68 bits per heavy atom.